The van der Waals surface area contributed by atoms with Gasteiger partial charge in [-0.05, 0) is 58.6 Å². The first-order valence-electron chi connectivity index (χ1n) is 10.6. The van der Waals surface area contributed by atoms with E-state index in [1.165, 1.54) is 32.6 Å². The minimum Gasteiger partial charge on any atom is -0.486 e. The molecule has 2 N–H and O–H groups in total. The number of rotatable bonds is 7. The van der Waals surface area contributed by atoms with E-state index < -0.39 is 0 Å². The lowest BCUT2D eigenvalue weighted by Crippen LogP contribution is -2.40. The maximum Gasteiger partial charge on any atom is 0.191 e. The Hall–Kier alpha value is -1.26. The van der Waals surface area contributed by atoms with Gasteiger partial charge in [-0.15, -0.1) is 24.0 Å². The van der Waals surface area contributed by atoms with Crippen molar-refractivity contribution in [2.24, 2.45) is 4.99 Å². The second-order valence-corrected chi connectivity index (χ2v) is 7.50. The van der Waals surface area contributed by atoms with Crippen LogP contribution in [0.25, 0.3) is 0 Å². The predicted molar refractivity (Wildman–Crippen MR) is 129 cm³/mol. The molecule has 7 nitrogen and oxygen atoms in total. The molecule has 1 aromatic carbocycles. The molecule has 1 atom stereocenters. The summed E-state index contributed by atoms with van der Waals surface area (Å²) < 4.78 is 11.8. The number of nitrogens with zero attached hydrogens (tertiary/aromatic N) is 3. The van der Waals surface area contributed by atoms with Gasteiger partial charge in [0.25, 0.3) is 0 Å². The van der Waals surface area contributed by atoms with Crippen molar-refractivity contribution in [2.75, 3.05) is 66.0 Å². The number of fused-ring (bicyclic) bond motifs is 1. The number of hydrogen-bond acceptors (Lipinski definition) is 5. The molecule has 1 aromatic rings. The largest absolute Gasteiger partial charge is 0.486 e. The van der Waals surface area contributed by atoms with E-state index in [1.54, 1.807) is 0 Å². The predicted octanol–water partition coefficient (Wildman–Crippen LogP) is 2.03. The molecule has 8 heteroatoms. The number of para-hydroxylation sites is 2. The quantitative estimate of drug-likeness (QED) is 0.250. The molecule has 0 saturated carbocycles. The van der Waals surface area contributed by atoms with Crippen LogP contribution >= 0.6 is 24.0 Å². The molecule has 1 fully saturated rings. The van der Waals surface area contributed by atoms with Gasteiger partial charge in [0.1, 0.15) is 6.61 Å². The Balaban J connectivity index is 0.00000300. The lowest BCUT2D eigenvalue weighted by molar-refractivity contribution is 0.0971. The summed E-state index contributed by atoms with van der Waals surface area (Å²) in [5.74, 6) is 2.46. The van der Waals surface area contributed by atoms with E-state index in [1.807, 2.05) is 24.3 Å². The van der Waals surface area contributed by atoms with Gasteiger partial charge in [0.2, 0.25) is 0 Å². The van der Waals surface area contributed by atoms with Crippen LogP contribution in [0.15, 0.2) is 29.3 Å². The Morgan fingerprint density at radius 1 is 1.14 bits per heavy atom. The third kappa shape index (κ3) is 8.18. The number of ether oxygens (including phenoxy) is 2. The summed E-state index contributed by atoms with van der Waals surface area (Å²) in [7, 11) is 2.21. The third-order valence-corrected chi connectivity index (χ3v) is 5.12. The molecule has 0 aromatic heterocycles. The van der Waals surface area contributed by atoms with Crippen molar-refractivity contribution < 1.29 is 9.47 Å². The summed E-state index contributed by atoms with van der Waals surface area (Å²) in [6.07, 6.45) is 2.32. The van der Waals surface area contributed by atoms with Gasteiger partial charge in [-0.3, -0.25) is 0 Å². The van der Waals surface area contributed by atoms with E-state index in [0.717, 1.165) is 43.5 Å². The lowest BCUT2D eigenvalue weighted by Gasteiger charge is -2.25. The Bertz CT molecular complexity index is 631. The molecule has 2 aliphatic rings. The number of likely N-dealkylation sites (N-methyl/N-ethyl adjacent to an activating group) is 1. The summed E-state index contributed by atoms with van der Waals surface area (Å²) in [5.41, 5.74) is 0. The van der Waals surface area contributed by atoms with Crippen LogP contribution in [0.1, 0.15) is 19.8 Å². The molecule has 164 valence electrons. The van der Waals surface area contributed by atoms with Crippen molar-refractivity contribution in [1.29, 1.82) is 0 Å². The molecule has 3 rings (SSSR count). The summed E-state index contributed by atoms with van der Waals surface area (Å²) in [5, 5.41) is 6.77. The van der Waals surface area contributed by atoms with Gasteiger partial charge in [0.05, 0.1) is 6.54 Å². The molecule has 0 amide bonds. The molecular weight excluding hydrogens is 481 g/mol. The Morgan fingerprint density at radius 3 is 2.79 bits per heavy atom. The summed E-state index contributed by atoms with van der Waals surface area (Å²) in [6, 6.07) is 7.79. The standard InChI is InChI=1S/C21H35N5O2.HI/c1-3-22-21(23-10-6-12-26-13-7-11-25(2)14-15-26)24-16-18-17-27-19-8-4-5-9-20(19)28-18;/h4-5,8-9,18H,3,6-7,10-17H2,1-2H3,(H2,22,23,24);1H. The highest BCUT2D eigenvalue weighted by atomic mass is 127. The highest BCUT2D eigenvalue weighted by Gasteiger charge is 2.20. The lowest BCUT2D eigenvalue weighted by atomic mass is 10.2. The van der Waals surface area contributed by atoms with E-state index in [0.29, 0.717) is 13.2 Å². The van der Waals surface area contributed by atoms with Gasteiger partial charge in [0.15, 0.2) is 23.6 Å². The van der Waals surface area contributed by atoms with Gasteiger partial charge in [-0.25, -0.2) is 4.99 Å². The molecule has 1 unspecified atom stereocenters. The van der Waals surface area contributed by atoms with E-state index in [-0.39, 0.29) is 30.1 Å². The fraction of sp³-hybridized carbons (Fsp3) is 0.667. The topological polar surface area (TPSA) is 61.4 Å². The van der Waals surface area contributed by atoms with Crippen molar-refractivity contribution in [3.05, 3.63) is 24.3 Å². The number of benzene rings is 1. The van der Waals surface area contributed by atoms with Gasteiger partial charge in [-0.1, -0.05) is 12.1 Å². The molecule has 0 radical (unpaired) electrons. The van der Waals surface area contributed by atoms with E-state index in [9.17, 15) is 0 Å². The van der Waals surface area contributed by atoms with Crippen LogP contribution in [-0.4, -0.2) is 87.9 Å². The molecule has 0 spiro atoms. The average Bonchev–Trinajstić information content (AvgIpc) is 2.93. The van der Waals surface area contributed by atoms with Crippen LogP contribution in [0.5, 0.6) is 11.5 Å². The summed E-state index contributed by atoms with van der Waals surface area (Å²) in [6.45, 7) is 10.8. The Kier molecular flexibility index (Phi) is 10.9. The van der Waals surface area contributed by atoms with Crippen molar-refractivity contribution in [3.8, 4) is 11.5 Å². The van der Waals surface area contributed by atoms with Crippen LogP contribution in [0.2, 0.25) is 0 Å². The molecule has 1 saturated heterocycles. The van der Waals surface area contributed by atoms with Crippen LogP contribution in [0.3, 0.4) is 0 Å². The van der Waals surface area contributed by atoms with E-state index >= 15 is 0 Å². The summed E-state index contributed by atoms with van der Waals surface area (Å²) >= 11 is 0. The Labute approximate surface area is 192 Å². The fourth-order valence-electron chi connectivity index (χ4n) is 3.52. The molecule has 0 aliphatic carbocycles. The van der Waals surface area contributed by atoms with Gasteiger partial charge in [-0.2, -0.15) is 0 Å². The zero-order valence-corrected chi connectivity index (χ0v) is 20.1. The van der Waals surface area contributed by atoms with E-state index in [4.69, 9.17) is 9.47 Å². The highest BCUT2D eigenvalue weighted by molar-refractivity contribution is 14.0. The average molecular weight is 517 g/mol. The first kappa shape index (κ1) is 24.0. The number of nitrogens with one attached hydrogen (secondary N) is 2. The Morgan fingerprint density at radius 2 is 1.97 bits per heavy atom. The maximum atomic E-state index is 5.99. The van der Waals surface area contributed by atoms with Crippen LogP contribution in [0, 0.1) is 0 Å². The monoisotopic (exact) mass is 517 g/mol. The smallest absolute Gasteiger partial charge is 0.191 e. The SMILES string of the molecule is CCNC(=NCC1COc2ccccc2O1)NCCCN1CCCN(C)CC1.I. The molecular formula is C21H36IN5O2. The number of halogens is 1. The number of guanidine groups is 1. The molecule has 29 heavy (non-hydrogen) atoms. The number of aliphatic imine (C=N–C) groups is 1. The van der Waals surface area contributed by atoms with Gasteiger partial charge in [0, 0.05) is 26.2 Å². The summed E-state index contributed by atoms with van der Waals surface area (Å²) in [4.78, 5) is 9.68. The van der Waals surface area contributed by atoms with E-state index in [2.05, 4.69) is 39.4 Å². The molecule has 0 bridgehead atoms. The zero-order valence-electron chi connectivity index (χ0n) is 17.7. The first-order chi connectivity index (χ1) is 13.7. The second kappa shape index (κ2) is 13.1. The van der Waals surface area contributed by atoms with Crippen LogP contribution in [-0.2, 0) is 0 Å². The minimum atomic E-state index is -0.0561. The second-order valence-electron chi connectivity index (χ2n) is 7.50. The third-order valence-electron chi connectivity index (χ3n) is 5.12. The minimum absolute atomic E-state index is 0. The first-order valence-corrected chi connectivity index (χ1v) is 10.6. The molecule has 2 heterocycles. The van der Waals surface area contributed by atoms with Crippen molar-refractivity contribution in [3.63, 3.8) is 0 Å². The van der Waals surface area contributed by atoms with Crippen molar-refractivity contribution in [2.45, 2.75) is 25.9 Å². The zero-order chi connectivity index (χ0) is 19.6. The van der Waals surface area contributed by atoms with Crippen molar-refractivity contribution >= 4 is 29.9 Å². The normalized spacial score (nSPS) is 20.5. The van der Waals surface area contributed by atoms with Gasteiger partial charge >= 0.3 is 0 Å². The van der Waals surface area contributed by atoms with Gasteiger partial charge < -0.3 is 29.9 Å². The molecule has 2 aliphatic heterocycles. The van der Waals surface area contributed by atoms with Crippen LogP contribution in [0.4, 0.5) is 0 Å². The van der Waals surface area contributed by atoms with Crippen LogP contribution < -0.4 is 20.1 Å². The van der Waals surface area contributed by atoms with Crippen molar-refractivity contribution in [1.82, 2.24) is 20.4 Å². The highest BCUT2D eigenvalue weighted by Crippen LogP contribution is 2.30. The fourth-order valence-corrected chi connectivity index (χ4v) is 3.52. The number of hydrogen-bond donors (Lipinski definition) is 2. The maximum absolute atomic E-state index is 5.99.